The summed E-state index contributed by atoms with van der Waals surface area (Å²) in [6, 6.07) is 29.0. The minimum absolute atomic E-state index is 0.00444. The highest BCUT2D eigenvalue weighted by molar-refractivity contribution is 7.24. The smallest absolute Gasteiger partial charge is 0.312 e. The Bertz CT molecular complexity index is 979. The number of ether oxygens (including phenoxy) is 1. The summed E-state index contributed by atoms with van der Waals surface area (Å²) < 4.78 is 16.2. The van der Waals surface area contributed by atoms with Gasteiger partial charge in [-0.3, -0.25) is 14.2 Å². The van der Waals surface area contributed by atoms with Gasteiger partial charge in [-0.05, 0) is 30.0 Å². The van der Waals surface area contributed by atoms with E-state index in [1.54, 1.807) is 6.92 Å². The molecule has 0 spiro atoms. The number of aliphatic hydroxyl groups is 1. The van der Waals surface area contributed by atoms with Crippen LogP contribution in [0.2, 0.25) is 0 Å². The lowest BCUT2D eigenvalue weighted by Crippen LogP contribution is -2.48. The van der Waals surface area contributed by atoms with E-state index in [4.69, 9.17) is 4.74 Å². The number of esters is 1. The van der Waals surface area contributed by atoms with Gasteiger partial charge in [0.25, 0.3) is 0 Å². The zero-order valence-electron chi connectivity index (χ0n) is 19.0. The molecule has 176 valence electrons. The Kier molecular flexibility index (Phi) is 9.08. The number of rotatable bonds is 11. The van der Waals surface area contributed by atoms with Crippen molar-refractivity contribution in [2.24, 2.45) is 5.92 Å². The zero-order valence-corrected chi connectivity index (χ0v) is 19.9. The number of aliphatic hydroxyl groups excluding tert-OH is 1. The fourth-order valence-electron chi connectivity index (χ4n) is 4.05. The largest absolute Gasteiger partial charge is 0.466 e. The summed E-state index contributed by atoms with van der Waals surface area (Å²) in [6.45, 7) is 1.78. The topological polar surface area (TPSA) is 92.7 Å². The van der Waals surface area contributed by atoms with Crippen LogP contribution in [0.1, 0.15) is 36.5 Å². The molecule has 2 atom stereocenters. The van der Waals surface area contributed by atoms with Gasteiger partial charge in [-0.1, -0.05) is 91.0 Å². The van der Waals surface area contributed by atoms with Crippen molar-refractivity contribution < 1.29 is 24.0 Å². The van der Waals surface area contributed by atoms with Crippen molar-refractivity contribution in [2.75, 3.05) is 6.61 Å². The Morgan fingerprint density at radius 3 is 1.71 bits per heavy atom. The number of nitrogens with one attached hydrogen (secondary N) is 1. The van der Waals surface area contributed by atoms with Crippen LogP contribution in [0, 0.1) is 5.92 Å². The van der Waals surface area contributed by atoms with Crippen LogP contribution < -0.4 is 5.32 Å². The third-order valence-corrected chi connectivity index (χ3v) is 6.26. The Morgan fingerprint density at radius 1 is 0.882 bits per heavy atom. The van der Waals surface area contributed by atoms with Crippen LogP contribution >= 0.6 is 8.46 Å². The minimum Gasteiger partial charge on any atom is -0.466 e. The second-order valence-corrected chi connectivity index (χ2v) is 8.55. The molecule has 0 aliphatic carbocycles. The fourth-order valence-corrected chi connectivity index (χ4v) is 4.47. The molecule has 7 heteroatoms. The first-order valence-electron chi connectivity index (χ1n) is 11.2. The SMILES string of the molecule is CCOC(=O)C(CCC(=O)NC(c1ccccc1)(c1ccccc1)c1ccccc1)C(O)P=O. The van der Waals surface area contributed by atoms with Gasteiger partial charge >= 0.3 is 5.97 Å². The predicted molar refractivity (Wildman–Crippen MR) is 130 cm³/mol. The first kappa shape index (κ1) is 25.3. The molecule has 0 aliphatic rings. The Morgan fingerprint density at radius 2 is 1.32 bits per heavy atom. The summed E-state index contributed by atoms with van der Waals surface area (Å²) in [5, 5.41) is 13.2. The molecule has 2 N–H and O–H groups in total. The molecule has 0 fully saturated rings. The van der Waals surface area contributed by atoms with Gasteiger partial charge in [0.05, 0.1) is 12.5 Å². The van der Waals surface area contributed by atoms with Crippen LogP contribution in [0.3, 0.4) is 0 Å². The zero-order chi connectivity index (χ0) is 24.4. The molecule has 0 aromatic heterocycles. The normalized spacial score (nSPS) is 13.1. The molecular weight excluding hydrogens is 449 g/mol. The van der Waals surface area contributed by atoms with E-state index in [9.17, 15) is 19.3 Å². The van der Waals surface area contributed by atoms with Crippen molar-refractivity contribution in [1.29, 1.82) is 0 Å². The highest BCUT2D eigenvalue weighted by Gasteiger charge is 2.38. The third kappa shape index (κ3) is 5.77. The van der Waals surface area contributed by atoms with E-state index in [1.165, 1.54) is 0 Å². The molecule has 34 heavy (non-hydrogen) atoms. The lowest BCUT2D eigenvalue weighted by Gasteiger charge is -2.37. The van der Waals surface area contributed by atoms with E-state index >= 15 is 0 Å². The van der Waals surface area contributed by atoms with Crippen LogP contribution in [0.4, 0.5) is 0 Å². The van der Waals surface area contributed by atoms with Crippen LogP contribution in [0.5, 0.6) is 0 Å². The molecule has 1 amide bonds. The third-order valence-electron chi connectivity index (χ3n) is 5.69. The summed E-state index contributed by atoms with van der Waals surface area (Å²) in [5.41, 5.74) is 1.65. The average Bonchev–Trinajstić information content (AvgIpc) is 2.89. The Balaban J connectivity index is 1.98. The standard InChI is InChI=1S/C27H28NO5P/c1-2-33-25(30)23(26(31)34-32)18-19-24(29)28-27(20-12-6-3-7-13-20,21-14-8-4-9-15-21)22-16-10-5-11-17-22/h3-17,23,26,31H,2,18-19H2,1H3,(H,28,29). The average molecular weight is 477 g/mol. The maximum atomic E-state index is 13.3. The van der Waals surface area contributed by atoms with Crippen LogP contribution in [-0.2, 0) is 24.4 Å². The molecule has 3 aromatic rings. The monoisotopic (exact) mass is 477 g/mol. The van der Waals surface area contributed by atoms with Crippen molar-refractivity contribution in [3.63, 3.8) is 0 Å². The molecule has 0 radical (unpaired) electrons. The van der Waals surface area contributed by atoms with E-state index in [-0.39, 0.29) is 25.4 Å². The number of hydrogen-bond acceptors (Lipinski definition) is 5. The van der Waals surface area contributed by atoms with Gasteiger partial charge in [0.15, 0.2) is 8.46 Å². The number of hydrogen-bond donors (Lipinski definition) is 2. The molecule has 0 bridgehead atoms. The number of carbonyl (C=O) groups excluding carboxylic acids is 2. The maximum Gasteiger partial charge on any atom is 0.312 e. The molecule has 3 aromatic carbocycles. The van der Waals surface area contributed by atoms with Crippen LogP contribution in [-0.4, -0.2) is 29.4 Å². The van der Waals surface area contributed by atoms with E-state index in [2.05, 4.69) is 5.32 Å². The van der Waals surface area contributed by atoms with Crippen LogP contribution in [0.15, 0.2) is 91.0 Å². The number of amides is 1. The summed E-state index contributed by atoms with van der Waals surface area (Å²) in [4.78, 5) is 25.6. The maximum absolute atomic E-state index is 13.3. The quantitative estimate of drug-likeness (QED) is 0.238. The van der Waals surface area contributed by atoms with Gasteiger partial charge in [0.1, 0.15) is 11.4 Å². The summed E-state index contributed by atoms with van der Waals surface area (Å²) in [6.07, 6.45) is -0.0696. The van der Waals surface area contributed by atoms with Crippen molar-refractivity contribution in [3.8, 4) is 0 Å². The van der Waals surface area contributed by atoms with Gasteiger partial charge in [0, 0.05) is 6.42 Å². The first-order valence-corrected chi connectivity index (χ1v) is 12.1. The van der Waals surface area contributed by atoms with E-state index < -0.39 is 31.7 Å². The molecule has 0 heterocycles. The summed E-state index contributed by atoms with van der Waals surface area (Å²) in [7, 11) is -0.588. The minimum atomic E-state index is -1.44. The van der Waals surface area contributed by atoms with Crippen molar-refractivity contribution in [1.82, 2.24) is 5.32 Å². The van der Waals surface area contributed by atoms with Gasteiger partial charge in [-0.15, -0.1) is 0 Å². The molecule has 2 unspecified atom stereocenters. The molecule has 0 aliphatic heterocycles. The van der Waals surface area contributed by atoms with Crippen molar-refractivity contribution in [2.45, 2.75) is 31.1 Å². The van der Waals surface area contributed by atoms with Gasteiger partial charge < -0.3 is 15.2 Å². The Labute approximate surface area is 201 Å². The highest BCUT2D eigenvalue weighted by atomic mass is 31.1. The highest BCUT2D eigenvalue weighted by Crippen LogP contribution is 2.37. The predicted octanol–water partition coefficient (Wildman–Crippen LogP) is 4.66. The van der Waals surface area contributed by atoms with Gasteiger partial charge in [-0.25, -0.2) is 0 Å². The van der Waals surface area contributed by atoms with Gasteiger partial charge in [0.2, 0.25) is 5.91 Å². The van der Waals surface area contributed by atoms with Crippen molar-refractivity contribution in [3.05, 3.63) is 108 Å². The van der Waals surface area contributed by atoms with E-state index in [0.29, 0.717) is 0 Å². The molecule has 3 rings (SSSR count). The van der Waals surface area contributed by atoms with E-state index in [1.807, 2.05) is 91.0 Å². The number of benzene rings is 3. The van der Waals surface area contributed by atoms with E-state index in [0.717, 1.165) is 16.7 Å². The summed E-state index contributed by atoms with van der Waals surface area (Å²) >= 11 is 0. The summed E-state index contributed by atoms with van der Waals surface area (Å²) in [5.74, 6) is -3.49. The first-order chi connectivity index (χ1) is 16.5. The molecular formula is C27H28NO5P. The van der Waals surface area contributed by atoms with Gasteiger partial charge in [-0.2, -0.15) is 0 Å². The second-order valence-electron chi connectivity index (χ2n) is 7.81. The Hall–Kier alpha value is -3.34. The lowest BCUT2D eigenvalue weighted by atomic mass is 9.77. The molecule has 0 saturated carbocycles. The van der Waals surface area contributed by atoms with Crippen molar-refractivity contribution >= 4 is 20.3 Å². The fraction of sp³-hybridized carbons (Fsp3) is 0.259. The second kappa shape index (κ2) is 12.2. The lowest BCUT2D eigenvalue weighted by molar-refractivity contribution is -0.150. The molecule has 0 saturated heterocycles. The number of carbonyl (C=O) groups is 2. The molecule has 6 nitrogen and oxygen atoms in total. The van der Waals surface area contributed by atoms with Crippen LogP contribution in [0.25, 0.3) is 0 Å².